The average Bonchev–Trinajstić information content (AvgIpc) is 3.23. The molecule has 4 rings (SSSR count). The first-order valence-electron chi connectivity index (χ1n) is 10.5. The number of benzene rings is 1. The molecule has 2 aliphatic rings. The maximum atomic E-state index is 12.8. The van der Waals surface area contributed by atoms with Crippen LogP contribution in [-0.4, -0.2) is 28.9 Å². The van der Waals surface area contributed by atoms with Crippen LogP contribution < -0.4 is 0 Å². The summed E-state index contributed by atoms with van der Waals surface area (Å²) in [7, 11) is 0. The molecule has 1 aromatic carbocycles. The number of piperidine rings is 1. The van der Waals surface area contributed by atoms with Crippen LogP contribution in [0.1, 0.15) is 67.0 Å². The molecule has 2 heterocycles. The molecule has 0 radical (unpaired) electrons. The SMILES string of the molecule is Cc1cccc(Cc2cccc([C@@H]3CCCN(C(=O)C4CCCC4)C3)n2)c1. The largest absolute Gasteiger partial charge is 0.342 e. The second kappa shape index (κ2) is 8.24. The third-order valence-electron chi connectivity index (χ3n) is 6.15. The lowest BCUT2D eigenvalue weighted by atomic mass is 9.92. The number of amides is 1. The van der Waals surface area contributed by atoms with E-state index < -0.39 is 0 Å². The highest BCUT2D eigenvalue weighted by Crippen LogP contribution is 2.31. The van der Waals surface area contributed by atoms with E-state index in [-0.39, 0.29) is 5.92 Å². The minimum absolute atomic E-state index is 0.282. The van der Waals surface area contributed by atoms with Crippen LogP contribution >= 0.6 is 0 Å². The minimum atomic E-state index is 0.282. The minimum Gasteiger partial charge on any atom is -0.342 e. The number of hydrogen-bond acceptors (Lipinski definition) is 2. The topological polar surface area (TPSA) is 33.2 Å². The van der Waals surface area contributed by atoms with Crippen molar-refractivity contribution in [3.05, 3.63) is 65.0 Å². The first kappa shape index (κ1) is 18.2. The van der Waals surface area contributed by atoms with Crippen molar-refractivity contribution in [3.63, 3.8) is 0 Å². The molecule has 27 heavy (non-hydrogen) atoms. The van der Waals surface area contributed by atoms with E-state index in [0.717, 1.165) is 56.6 Å². The Labute approximate surface area is 162 Å². The third-order valence-corrected chi connectivity index (χ3v) is 6.15. The van der Waals surface area contributed by atoms with E-state index in [0.29, 0.717) is 11.8 Å². The van der Waals surface area contributed by atoms with Gasteiger partial charge < -0.3 is 4.90 Å². The Kier molecular flexibility index (Phi) is 5.56. The van der Waals surface area contributed by atoms with Crippen molar-refractivity contribution in [2.45, 2.75) is 57.8 Å². The number of carbonyl (C=O) groups is 1. The summed E-state index contributed by atoms with van der Waals surface area (Å²) in [6.07, 6.45) is 7.70. The normalized spacial score (nSPS) is 20.8. The van der Waals surface area contributed by atoms with Gasteiger partial charge in [-0.15, -0.1) is 0 Å². The Morgan fingerprint density at radius 1 is 1.07 bits per heavy atom. The molecular formula is C24H30N2O. The summed E-state index contributed by atoms with van der Waals surface area (Å²) in [5.74, 6) is 1.05. The maximum Gasteiger partial charge on any atom is 0.225 e. The van der Waals surface area contributed by atoms with Crippen molar-refractivity contribution >= 4 is 5.91 Å². The second-order valence-electron chi connectivity index (χ2n) is 8.32. The molecule has 2 aromatic rings. The molecule has 1 saturated carbocycles. The fraction of sp³-hybridized carbons (Fsp3) is 0.500. The molecule has 0 bridgehead atoms. The summed E-state index contributed by atoms with van der Waals surface area (Å²) in [6, 6.07) is 15.0. The summed E-state index contributed by atoms with van der Waals surface area (Å²) < 4.78 is 0. The fourth-order valence-electron chi connectivity index (χ4n) is 4.70. The van der Waals surface area contributed by atoms with Crippen LogP contribution in [0, 0.1) is 12.8 Å². The van der Waals surface area contributed by atoms with Gasteiger partial charge in [-0.3, -0.25) is 9.78 Å². The zero-order chi connectivity index (χ0) is 18.6. The van der Waals surface area contributed by atoms with Crippen molar-refractivity contribution in [1.82, 2.24) is 9.88 Å². The van der Waals surface area contributed by atoms with Gasteiger partial charge in [-0.25, -0.2) is 0 Å². The zero-order valence-electron chi connectivity index (χ0n) is 16.4. The van der Waals surface area contributed by atoms with E-state index in [1.54, 1.807) is 0 Å². The summed E-state index contributed by atoms with van der Waals surface area (Å²) >= 11 is 0. The van der Waals surface area contributed by atoms with Crippen LogP contribution in [0.2, 0.25) is 0 Å². The second-order valence-corrected chi connectivity index (χ2v) is 8.32. The highest BCUT2D eigenvalue weighted by Gasteiger charge is 2.31. The van der Waals surface area contributed by atoms with E-state index in [1.165, 1.54) is 24.0 Å². The van der Waals surface area contributed by atoms with Gasteiger partial charge in [0.15, 0.2) is 0 Å². The summed E-state index contributed by atoms with van der Waals surface area (Å²) in [5.41, 5.74) is 4.87. The summed E-state index contributed by atoms with van der Waals surface area (Å²) in [4.78, 5) is 19.9. The lowest BCUT2D eigenvalue weighted by Crippen LogP contribution is -2.42. The number of aryl methyl sites for hydroxylation is 1. The van der Waals surface area contributed by atoms with E-state index in [2.05, 4.69) is 54.3 Å². The molecule has 1 atom stereocenters. The first-order valence-corrected chi connectivity index (χ1v) is 10.5. The molecule has 0 N–H and O–H groups in total. The molecule has 142 valence electrons. The number of likely N-dealkylation sites (tertiary alicyclic amines) is 1. The standard InChI is InChI=1S/C24H30N2O/c1-18-7-4-8-19(15-18)16-22-12-5-13-23(25-22)21-11-6-14-26(17-21)24(27)20-9-2-3-10-20/h4-5,7-8,12-13,15,20-21H,2-3,6,9-11,14,16-17H2,1H3/t21-/m1/s1. The quantitative estimate of drug-likeness (QED) is 0.777. The van der Waals surface area contributed by atoms with Crippen molar-refractivity contribution in [3.8, 4) is 0 Å². The van der Waals surface area contributed by atoms with E-state index in [9.17, 15) is 4.79 Å². The third kappa shape index (κ3) is 4.40. The van der Waals surface area contributed by atoms with E-state index >= 15 is 0 Å². The predicted molar refractivity (Wildman–Crippen MR) is 109 cm³/mol. The van der Waals surface area contributed by atoms with Gasteiger partial charge in [0.25, 0.3) is 0 Å². The summed E-state index contributed by atoms with van der Waals surface area (Å²) in [5, 5.41) is 0. The molecule has 1 aromatic heterocycles. The van der Waals surface area contributed by atoms with E-state index in [4.69, 9.17) is 4.98 Å². The maximum absolute atomic E-state index is 12.8. The number of pyridine rings is 1. The van der Waals surface area contributed by atoms with Crippen LogP contribution in [-0.2, 0) is 11.2 Å². The fourth-order valence-corrected chi connectivity index (χ4v) is 4.70. The number of carbonyl (C=O) groups excluding carboxylic acids is 1. The lowest BCUT2D eigenvalue weighted by Gasteiger charge is -2.34. The lowest BCUT2D eigenvalue weighted by molar-refractivity contribution is -0.136. The van der Waals surface area contributed by atoms with Gasteiger partial charge in [0, 0.05) is 42.7 Å². The van der Waals surface area contributed by atoms with Crippen LogP contribution in [0.15, 0.2) is 42.5 Å². The average molecular weight is 363 g/mol. The molecule has 1 aliphatic carbocycles. The molecule has 2 fully saturated rings. The first-order chi connectivity index (χ1) is 13.2. The molecule has 1 amide bonds. The molecule has 3 nitrogen and oxygen atoms in total. The number of aromatic nitrogens is 1. The zero-order valence-corrected chi connectivity index (χ0v) is 16.4. The molecule has 0 unspecified atom stereocenters. The van der Waals surface area contributed by atoms with Crippen molar-refractivity contribution in [1.29, 1.82) is 0 Å². The van der Waals surface area contributed by atoms with Gasteiger partial charge in [0.05, 0.1) is 0 Å². The number of rotatable bonds is 4. The molecule has 1 saturated heterocycles. The predicted octanol–water partition coefficient (Wildman–Crippen LogP) is 4.88. The van der Waals surface area contributed by atoms with Gasteiger partial charge in [-0.1, -0.05) is 48.7 Å². The van der Waals surface area contributed by atoms with Gasteiger partial charge in [0.2, 0.25) is 5.91 Å². The van der Waals surface area contributed by atoms with Crippen LogP contribution in [0.4, 0.5) is 0 Å². The molecular weight excluding hydrogens is 332 g/mol. The van der Waals surface area contributed by atoms with Crippen LogP contribution in [0.25, 0.3) is 0 Å². The van der Waals surface area contributed by atoms with Gasteiger partial charge in [0.1, 0.15) is 0 Å². The van der Waals surface area contributed by atoms with Gasteiger partial charge in [-0.2, -0.15) is 0 Å². The Balaban J connectivity index is 1.45. The Morgan fingerprint density at radius 2 is 1.89 bits per heavy atom. The van der Waals surface area contributed by atoms with Crippen LogP contribution in [0.3, 0.4) is 0 Å². The number of nitrogens with zero attached hydrogens (tertiary/aromatic N) is 2. The number of hydrogen-bond donors (Lipinski definition) is 0. The van der Waals surface area contributed by atoms with Gasteiger partial charge in [-0.05, 0) is 50.3 Å². The van der Waals surface area contributed by atoms with Crippen molar-refractivity contribution < 1.29 is 4.79 Å². The highest BCUT2D eigenvalue weighted by molar-refractivity contribution is 5.79. The Bertz CT molecular complexity index is 794. The Morgan fingerprint density at radius 3 is 2.70 bits per heavy atom. The van der Waals surface area contributed by atoms with Crippen LogP contribution in [0.5, 0.6) is 0 Å². The monoisotopic (exact) mass is 362 g/mol. The molecule has 3 heteroatoms. The molecule has 0 spiro atoms. The molecule has 1 aliphatic heterocycles. The highest BCUT2D eigenvalue weighted by atomic mass is 16.2. The Hall–Kier alpha value is -2.16. The van der Waals surface area contributed by atoms with Crippen molar-refractivity contribution in [2.24, 2.45) is 5.92 Å². The summed E-state index contributed by atoms with van der Waals surface area (Å²) in [6.45, 7) is 3.90. The van der Waals surface area contributed by atoms with E-state index in [1.807, 2.05) is 0 Å². The van der Waals surface area contributed by atoms with Crippen molar-refractivity contribution in [2.75, 3.05) is 13.1 Å². The smallest absolute Gasteiger partial charge is 0.225 e. The van der Waals surface area contributed by atoms with Gasteiger partial charge >= 0.3 is 0 Å².